The maximum Gasteiger partial charge on any atom is 0.181 e. The first kappa shape index (κ1) is 14.7. The van der Waals surface area contributed by atoms with E-state index in [1.807, 2.05) is 6.92 Å². The van der Waals surface area contributed by atoms with E-state index in [0.717, 1.165) is 5.56 Å². The van der Waals surface area contributed by atoms with Crippen LogP contribution in [0.1, 0.15) is 23.1 Å². The van der Waals surface area contributed by atoms with Crippen LogP contribution in [-0.4, -0.2) is 25.4 Å². The zero-order chi connectivity index (χ0) is 13.9. The van der Waals surface area contributed by atoms with Crippen molar-refractivity contribution in [1.82, 2.24) is 0 Å². The van der Waals surface area contributed by atoms with Crippen LogP contribution in [0, 0.1) is 32.1 Å². The van der Waals surface area contributed by atoms with Gasteiger partial charge in [-0.3, -0.25) is 0 Å². The number of nitriles is 1. The summed E-state index contributed by atoms with van der Waals surface area (Å²) in [6, 6.07) is 5.37. The summed E-state index contributed by atoms with van der Waals surface area (Å²) in [6.07, 6.45) is -1.32. The first-order valence-electron chi connectivity index (χ1n) is 5.63. The van der Waals surface area contributed by atoms with Crippen LogP contribution in [0.3, 0.4) is 0 Å². The molecule has 0 amide bonds. The maximum absolute atomic E-state index is 12.2. The highest BCUT2D eigenvalue weighted by Crippen LogP contribution is 2.23. The molecule has 98 valence electrons. The predicted molar refractivity (Wildman–Crippen MR) is 68.9 cm³/mol. The molecule has 0 radical (unpaired) electrons. The normalized spacial score (nSPS) is 13.1. The van der Waals surface area contributed by atoms with Gasteiger partial charge in [-0.15, -0.1) is 0 Å². The Kier molecular flexibility index (Phi) is 4.49. The molecule has 18 heavy (non-hydrogen) atoms. The van der Waals surface area contributed by atoms with Gasteiger partial charge in [0.15, 0.2) is 9.84 Å². The van der Waals surface area contributed by atoms with Crippen LogP contribution < -0.4 is 0 Å². The molecule has 1 aromatic rings. The average molecular weight is 267 g/mol. The second-order valence-corrected chi connectivity index (χ2v) is 6.50. The minimum Gasteiger partial charge on any atom is -0.391 e. The maximum atomic E-state index is 12.2. The Labute approximate surface area is 108 Å². The molecule has 1 unspecified atom stereocenters. The highest BCUT2D eigenvalue weighted by molar-refractivity contribution is 7.91. The summed E-state index contributed by atoms with van der Waals surface area (Å²) < 4.78 is 24.4. The van der Waals surface area contributed by atoms with Crippen molar-refractivity contribution in [2.24, 2.45) is 0 Å². The van der Waals surface area contributed by atoms with Crippen LogP contribution in [0.15, 0.2) is 17.0 Å². The quantitative estimate of drug-likeness (QED) is 0.900. The largest absolute Gasteiger partial charge is 0.391 e. The van der Waals surface area contributed by atoms with Crippen LogP contribution in [-0.2, 0) is 9.84 Å². The second kappa shape index (κ2) is 5.51. The molecule has 1 atom stereocenters. The molecule has 0 saturated carbocycles. The molecule has 0 spiro atoms. The van der Waals surface area contributed by atoms with Crippen LogP contribution >= 0.6 is 0 Å². The van der Waals surface area contributed by atoms with Crippen LogP contribution in [0.25, 0.3) is 0 Å². The number of sulfone groups is 1. The predicted octanol–water partition coefficient (Wildman–Crippen LogP) is 1.66. The lowest BCUT2D eigenvalue weighted by atomic mass is 10.1. The molecular weight excluding hydrogens is 250 g/mol. The molecule has 0 heterocycles. The third-order valence-electron chi connectivity index (χ3n) is 2.65. The molecule has 4 nitrogen and oxygen atoms in total. The van der Waals surface area contributed by atoms with Crippen molar-refractivity contribution >= 4 is 9.84 Å². The Balaban J connectivity index is 3.18. The molecule has 1 rings (SSSR count). The molecule has 0 aliphatic carbocycles. The van der Waals surface area contributed by atoms with E-state index in [2.05, 4.69) is 0 Å². The van der Waals surface area contributed by atoms with Crippen molar-refractivity contribution in [2.45, 2.75) is 38.2 Å². The number of rotatable bonds is 4. The highest BCUT2D eigenvalue weighted by atomic mass is 32.2. The lowest BCUT2D eigenvalue weighted by Gasteiger charge is -2.13. The third kappa shape index (κ3) is 3.31. The summed E-state index contributed by atoms with van der Waals surface area (Å²) >= 11 is 0. The molecule has 0 fully saturated rings. The van der Waals surface area contributed by atoms with E-state index in [9.17, 15) is 13.5 Å². The van der Waals surface area contributed by atoms with Gasteiger partial charge in [0.1, 0.15) is 0 Å². The summed E-state index contributed by atoms with van der Waals surface area (Å²) in [5, 5.41) is 17.9. The Bertz CT molecular complexity index is 562. The van der Waals surface area contributed by atoms with Crippen molar-refractivity contribution in [3.8, 4) is 6.07 Å². The molecule has 0 bridgehead atoms. The molecular formula is C13H17NO3S. The Morgan fingerprint density at radius 2 is 1.78 bits per heavy atom. The average Bonchev–Trinajstić information content (AvgIpc) is 2.13. The number of aliphatic hydroxyl groups excluding tert-OH is 1. The topological polar surface area (TPSA) is 78.2 Å². The molecule has 1 N–H and O–H groups in total. The van der Waals surface area contributed by atoms with E-state index in [0.29, 0.717) is 11.1 Å². The van der Waals surface area contributed by atoms with Gasteiger partial charge in [0, 0.05) is 0 Å². The van der Waals surface area contributed by atoms with Crippen LogP contribution in [0.4, 0.5) is 0 Å². The standard InChI is InChI=1S/C13H17NO3S/c1-9-6-10(2)13(11(3)7-9)18(16,17)8-12(15)4-5-14/h6-7,12,15H,4,8H2,1-3H3. The van der Waals surface area contributed by atoms with Crippen molar-refractivity contribution in [3.63, 3.8) is 0 Å². The molecule has 0 aliphatic rings. The van der Waals surface area contributed by atoms with Gasteiger partial charge < -0.3 is 5.11 Å². The first-order valence-corrected chi connectivity index (χ1v) is 7.28. The van der Waals surface area contributed by atoms with E-state index in [4.69, 9.17) is 5.26 Å². The minimum absolute atomic E-state index is 0.177. The lowest BCUT2D eigenvalue weighted by Crippen LogP contribution is -2.22. The van der Waals surface area contributed by atoms with Crippen molar-refractivity contribution in [2.75, 3.05) is 5.75 Å². The zero-order valence-corrected chi connectivity index (χ0v) is 11.6. The third-order valence-corrected chi connectivity index (χ3v) is 4.74. The summed E-state index contributed by atoms with van der Waals surface area (Å²) in [7, 11) is -3.56. The fraction of sp³-hybridized carbons (Fsp3) is 0.462. The Hall–Kier alpha value is -1.38. The van der Waals surface area contributed by atoms with Gasteiger partial charge in [-0.25, -0.2) is 8.42 Å². The molecule has 1 aromatic carbocycles. The highest BCUT2D eigenvalue weighted by Gasteiger charge is 2.23. The number of hydrogen-bond acceptors (Lipinski definition) is 4. The van der Waals surface area contributed by atoms with Gasteiger partial charge in [0.05, 0.1) is 29.2 Å². The molecule has 0 aliphatic heterocycles. The summed E-state index contributed by atoms with van der Waals surface area (Å²) in [6.45, 7) is 5.38. The number of benzene rings is 1. The van der Waals surface area contributed by atoms with Gasteiger partial charge in [0.25, 0.3) is 0 Å². The molecule has 0 saturated heterocycles. The number of nitrogens with zero attached hydrogens (tertiary/aromatic N) is 1. The lowest BCUT2D eigenvalue weighted by molar-refractivity contribution is 0.202. The Morgan fingerprint density at radius 1 is 1.28 bits per heavy atom. The second-order valence-electron chi connectivity index (χ2n) is 4.53. The van der Waals surface area contributed by atoms with Crippen molar-refractivity contribution in [3.05, 3.63) is 28.8 Å². The van der Waals surface area contributed by atoms with Gasteiger partial charge in [0.2, 0.25) is 0 Å². The smallest absolute Gasteiger partial charge is 0.181 e. The van der Waals surface area contributed by atoms with E-state index in [1.54, 1.807) is 32.0 Å². The van der Waals surface area contributed by atoms with Crippen LogP contribution in [0.5, 0.6) is 0 Å². The first-order chi connectivity index (χ1) is 8.27. The molecule has 0 aromatic heterocycles. The molecule has 5 heteroatoms. The minimum atomic E-state index is -3.56. The van der Waals surface area contributed by atoms with E-state index in [-0.39, 0.29) is 11.3 Å². The van der Waals surface area contributed by atoms with Crippen molar-refractivity contribution < 1.29 is 13.5 Å². The van der Waals surface area contributed by atoms with Gasteiger partial charge in [-0.05, 0) is 31.9 Å². The van der Waals surface area contributed by atoms with E-state index < -0.39 is 21.7 Å². The van der Waals surface area contributed by atoms with Gasteiger partial charge >= 0.3 is 0 Å². The number of hydrogen-bond donors (Lipinski definition) is 1. The number of aryl methyl sites for hydroxylation is 3. The summed E-state index contributed by atoms with van der Waals surface area (Å²) in [5.41, 5.74) is 2.36. The fourth-order valence-electron chi connectivity index (χ4n) is 2.16. The fourth-order valence-corrected chi connectivity index (χ4v) is 4.05. The number of aliphatic hydroxyl groups is 1. The van der Waals surface area contributed by atoms with Gasteiger partial charge in [-0.2, -0.15) is 5.26 Å². The summed E-state index contributed by atoms with van der Waals surface area (Å²) in [5.74, 6) is -0.411. The summed E-state index contributed by atoms with van der Waals surface area (Å²) in [4.78, 5) is 0.269. The zero-order valence-electron chi connectivity index (χ0n) is 10.8. The van der Waals surface area contributed by atoms with Crippen LogP contribution in [0.2, 0.25) is 0 Å². The van der Waals surface area contributed by atoms with Crippen molar-refractivity contribution in [1.29, 1.82) is 5.26 Å². The Morgan fingerprint density at radius 3 is 2.22 bits per heavy atom. The van der Waals surface area contributed by atoms with Gasteiger partial charge in [-0.1, -0.05) is 17.7 Å². The monoisotopic (exact) mass is 267 g/mol. The van der Waals surface area contributed by atoms with E-state index in [1.165, 1.54) is 0 Å². The van der Waals surface area contributed by atoms with E-state index >= 15 is 0 Å². The SMILES string of the molecule is Cc1cc(C)c(S(=O)(=O)CC(O)CC#N)c(C)c1.